The molecule has 0 bridgehead atoms. The summed E-state index contributed by atoms with van der Waals surface area (Å²) in [5.41, 5.74) is 6.86. The highest BCUT2D eigenvalue weighted by Crippen LogP contribution is 2.30. The molecular formula is C20H26N2O3. The third kappa shape index (κ3) is 5.80. The van der Waals surface area contributed by atoms with Gasteiger partial charge in [-0.3, -0.25) is 4.79 Å². The molecule has 134 valence electrons. The van der Waals surface area contributed by atoms with E-state index >= 15 is 0 Å². The number of rotatable bonds is 8. The van der Waals surface area contributed by atoms with E-state index in [4.69, 9.17) is 15.2 Å². The lowest BCUT2D eigenvalue weighted by Gasteiger charge is -2.14. The Bertz CT molecular complexity index is 684. The molecule has 0 unspecified atom stereocenters. The van der Waals surface area contributed by atoms with Gasteiger partial charge in [0, 0.05) is 6.54 Å². The van der Waals surface area contributed by atoms with Crippen LogP contribution in [0.3, 0.4) is 0 Å². The van der Waals surface area contributed by atoms with Gasteiger partial charge in [0.05, 0.1) is 13.2 Å². The van der Waals surface area contributed by atoms with Crippen LogP contribution in [0.5, 0.6) is 17.2 Å². The minimum Gasteiger partial charge on any atom is -0.493 e. The van der Waals surface area contributed by atoms with Crippen LogP contribution in [-0.4, -0.2) is 19.1 Å². The average molecular weight is 342 g/mol. The van der Waals surface area contributed by atoms with E-state index in [2.05, 4.69) is 5.32 Å². The molecule has 0 radical (unpaired) electrons. The van der Waals surface area contributed by atoms with Crippen molar-refractivity contribution in [2.45, 2.75) is 32.9 Å². The topological polar surface area (TPSA) is 73.6 Å². The van der Waals surface area contributed by atoms with Crippen molar-refractivity contribution in [3.05, 3.63) is 54.1 Å². The maximum atomic E-state index is 12.0. The quantitative estimate of drug-likeness (QED) is 0.770. The fourth-order valence-corrected chi connectivity index (χ4v) is 2.44. The van der Waals surface area contributed by atoms with Gasteiger partial charge in [-0.1, -0.05) is 38.1 Å². The van der Waals surface area contributed by atoms with Gasteiger partial charge < -0.3 is 20.5 Å². The third-order valence-corrected chi connectivity index (χ3v) is 3.75. The van der Waals surface area contributed by atoms with E-state index in [0.717, 1.165) is 5.56 Å². The number of hydrogen-bond acceptors (Lipinski definition) is 4. The number of methoxy groups -OCH3 is 1. The van der Waals surface area contributed by atoms with Gasteiger partial charge in [-0.15, -0.1) is 0 Å². The number of para-hydroxylation sites is 2. The Kier molecular flexibility index (Phi) is 6.83. The molecule has 0 fully saturated rings. The van der Waals surface area contributed by atoms with Crippen molar-refractivity contribution in [2.75, 3.05) is 7.11 Å². The second kappa shape index (κ2) is 9.08. The van der Waals surface area contributed by atoms with Crippen molar-refractivity contribution >= 4 is 5.91 Å². The maximum Gasteiger partial charge on any atom is 0.237 e. The van der Waals surface area contributed by atoms with Crippen LogP contribution in [0.15, 0.2) is 48.5 Å². The first-order valence-corrected chi connectivity index (χ1v) is 8.42. The summed E-state index contributed by atoms with van der Waals surface area (Å²) in [6.07, 6.45) is 0.678. The lowest BCUT2D eigenvalue weighted by molar-refractivity contribution is -0.122. The number of benzene rings is 2. The number of hydrogen-bond donors (Lipinski definition) is 2. The van der Waals surface area contributed by atoms with Crippen LogP contribution in [0.25, 0.3) is 0 Å². The van der Waals surface area contributed by atoms with E-state index in [1.54, 1.807) is 7.11 Å². The zero-order chi connectivity index (χ0) is 18.2. The molecule has 0 aliphatic heterocycles. The Morgan fingerprint density at radius 1 is 1.08 bits per heavy atom. The summed E-state index contributed by atoms with van der Waals surface area (Å²) in [7, 11) is 1.61. The summed E-state index contributed by atoms with van der Waals surface area (Å²) in [5.74, 6) is 2.31. The summed E-state index contributed by atoms with van der Waals surface area (Å²) < 4.78 is 11.1. The van der Waals surface area contributed by atoms with E-state index < -0.39 is 6.04 Å². The normalized spacial score (nSPS) is 11.9. The van der Waals surface area contributed by atoms with E-state index in [1.165, 1.54) is 0 Å². The van der Waals surface area contributed by atoms with Gasteiger partial charge in [-0.05, 0) is 42.2 Å². The molecule has 2 rings (SSSR count). The van der Waals surface area contributed by atoms with Gasteiger partial charge in [-0.2, -0.15) is 0 Å². The first-order chi connectivity index (χ1) is 12.0. The Balaban J connectivity index is 1.90. The van der Waals surface area contributed by atoms with Crippen molar-refractivity contribution in [1.82, 2.24) is 5.32 Å². The number of nitrogens with one attached hydrogen (secondary N) is 1. The van der Waals surface area contributed by atoms with Crippen LogP contribution in [0.2, 0.25) is 0 Å². The molecule has 0 saturated heterocycles. The maximum absolute atomic E-state index is 12.0. The van der Waals surface area contributed by atoms with Crippen molar-refractivity contribution in [2.24, 2.45) is 11.7 Å². The standard InChI is InChI=1S/C20H26N2O3/c1-14(2)12-17(21)20(23)22-13-15-8-10-16(11-9-15)25-19-7-5-4-6-18(19)24-3/h4-11,14,17H,12-13,21H2,1-3H3,(H,22,23)/t17-/m0/s1. The monoisotopic (exact) mass is 342 g/mol. The fraction of sp³-hybridized carbons (Fsp3) is 0.350. The molecule has 0 spiro atoms. The van der Waals surface area contributed by atoms with Crippen LogP contribution in [-0.2, 0) is 11.3 Å². The largest absolute Gasteiger partial charge is 0.493 e. The summed E-state index contributed by atoms with van der Waals surface area (Å²) in [4.78, 5) is 12.0. The number of carbonyl (C=O) groups excluding carboxylic acids is 1. The van der Waals surface area contributed by atoms with Crippen LogP contribution in [0.4, 0.5) is 0 Å². The minimum atomic E-state index is -0.465. The van der Waals surface area contributed by atoms with Crippen LogP contribution < -0.4 is 20.5 Å². The average Bonchev–Trinajstić information content (AvgIpc) is 2.60. The van der Waals surface area contributed by atoms with E-state index in [0.29, 0.717) is 36.1 Å². The zero-order valence-corrected chi connectivity index (χ0v) is 15.0. The fourth-order valence-electron chi connectivity index (χ4n) is 2.44. The Hall–Kier alpha value is -2.53. The van der Waals surface area contributed by atoms with Crippen molar-refractivity contribution < 1.29 is 14.3 Å². The molecule has 1 amide bonds. The van der Waals surface area contributed by atoms with Crippen LogP contribution >= 0.6 is 0 Å². The molecule has 2 aromatic carbocycles. The number of ether oxygens (including phenoxy) is 2. The van der Waals surface area contributed by atoms with Crippen LogP contribution in [0, 0.1) is 5.92 Å². The summed E-state index contributed by atoms with van der Waals surface area (Å²) >= 11 is 0. The Morgan fingerprint density at radius 2 is 1.72 bits per heavy atom. The molecule has 0 aliphatic rings. The SMILES string of the molecule is COc1ccccc1Oc1ccc(CNC(=O)[C@@H](N)CC(C)C)cc1. The molecular weight excluding hydrogens is 316 g/mol. The van der Waals surface area contributed by atoms with Crippen molar-refractivity contribution in [1.29, 1.82) is 0 Å². The van der Waals surface area contributed by atoms with Gasteiger partial charge in [-0.25, -0.2) is 0 Å². The first kappa shape index (κ1) is 18.8. The summed E-state index contributed by atoms with van der Waals surface area (Å²) in [5, 5.41) is 2.87. The molecule has 3 N–H and O–H groups in total. The smallest absolute Gasteiger partial charge is 0.237 e. The molecule has 5 nitrogen and oxygen atoms in total. The van der Waals surface area contributed by atoms with E-state index in [9.17, 15) is 4.79 Å². The molecule has 1 atom stereocenters. The second-order valence-corrected chi connectivity index (χ2v) is 6.35. The highest BCUT2D eigenvalue weighted by atomic mass is 16.5. The molecule has 25 heavy (non-hydrogen) atoms. The predicted molar refractivity (Wildman–Crippen MR) is 98.8 cm³/mol. The van der Waals surface area contributed by atoms with Gasteiger partial charge in [0.1, 0.15) is 5.75 Å². The summed E-state index contributed by atoms with van der Waals surface area (Å²) in [6.45, 7) is 4.54. The van der Waals surface area contributed by atoms with Crippen molar-refractivity contribution in [3.8, 4) is 17.2 Å². The molecule has 0 aromatic heterocycles. The van der Waals surface area contributed by atoms with E-state index in [-0.39, 0.29) is 5.91 Å². The van der Waals surface area contributed by atoms with Gasteiger partial charge >= 0.3 is 0 Å². The van der Waals surface area contributed by atoms with Crippen LogP contribution in [0.1, 0.15) is 25.8 Å². The molecule has 5 heteroatoms. The number of nitrogens with two attached hydrogens (primary N) is 1. The molecule has 0 aliphatic carbocycles. The molecule has 0 saturated carbocycles. The second-order valence-electron chi connectivity index (χ2n) is 6.35. The molecule has 0 heterocycles. The van der Waals surface area contributed by atoms with E-state index in [1.807, 2.05) is 62.4 Å². The molecule has 2 aromatic rings. The Labute approximate surface area is 149 Å². The van der Waals surface area contributed by atoms with Gasteiger partial charge in [0.25, 0.3) is 0 Å². The number of amides is 1. The first-order valence-electron chi connectivity index (χ1n) is 8.42. The lowest BCUT2D eigenvalue weighted by Crippen LogP contribution is -2.40. The zero-order valence-electron chi connectivity index (χ0n) is 15.0. The minimum absolute atomic E-state index is 0.122. The number of carbonyl (C=O) groups is 1. The summed E-state index contributed by atoms with van der Waals surface area (Å²) in [6, 6.07) is 14.6. The highest BCUT2D eigenvalue weighted by Gasteiger charge is 2.14. The van der Waals surface area contributed by atoms with Gasteiger partial charge in [0.15, 0.2) is 11.5 Å². The van der Waals surface area contributed by atoms with Crippen molar-refractivity contribution in [3.63, 3.8) is 0 Å². The third-order valence-electron chi connectivity index (χ3n) is 3.75. The van der Waals surface area contributed by atoms with Gasteiger partial charge in [0.2, 0.25) is 5.91 Å². The Morgan fingerprint density at radius 3 is 2.32 bits per heavy atom. The highest BCUT2D eigenvalue weighted by molar-refractivity contribution is 5.81. The lowest BCUT2D eigenvalue weighted by atomic mass is 10.0. The predicted octanol–water partition coefficient (Wildman–Crippen LogP) is 3.48.